The molecule has 0 bridgehead atoms. The van der Waals surface area contributed by atoms with Crippen molar-refractivity contribution >= 4 is 0 Å². The maximum Gasteiger partial charge on any atom is 0.127 e. The third kappa shape index (κ3) is 5.19. The van der Waals surface area contributed by atoms with Crippen molar-refractivity contribution in [2.45, 2.75) is 89.6 Å². The predicted molar refractivity (Wildman–Crippen MR) is 124 cm³/mol. The van der Waals surface area contributed by atoms with Crippen LogP contribution in [0.4, 0.5) is 0 Å². The summed E-state index contributed by atoms with van der Waals surface area (Å²) >= 11 is 0. The number of fused-ring (bicyclic) bond motifs is 3. The molecule has 0 saturated carbocycles. The SMILES string of the molecule is CC(C)(CCCCCCN=[N+]=[N-])c1cc(O)c2c(c1)OC(C)(C)[C@@H]1CC=C(CO)C[C@@H]21. The fourth-order valence-electron chi connectivity index (χ4n) is 5.28. The molecule has 1 heterocycles. The van der Waals surface area contributed by atoms with E-state index in [4.69, 9.17) is 10.3 Å². The van der Waals surface area contributed by atoms with Crippen LogP contribution in [0.15, 0.2) is 28.9 Å². The van der Waals surface area contributed by atoms with Crippen LogP contribution in [0, 0.1) is 5.92 Å². The van der Waals surface area contributed by atoms with Gasteiger partial charge in [0.05, 0.1) is 6.61 Å². The van der Waals surface area contributed by atoms with Crippen molar-refractivity contribution < 1.29 is 14.9 Å². The number of hydrogen-bond donors (Lipinski definition) is 2. The van der Waals surface area contributed by atoms with Crippen molar-refractivity contribution in [2.24, 2.45) is 11.0 Å². The van der Waals surface area contributed by atoms with Gasteiger partial charge in [-0.3, -0.25) is 0 Å². The molecular weight excluding hydrogens is 390 g/mol. The molecule has 2 N–H and O–H groups in total. The molecule has 0 saturated heterocycles. The first-order chi connectivity index (χ1) is 14.7. The molecule has 3 rings (SSSR count). The van der Waals surface area contributed by atoms with E-state index in [0.29, 0.717) is 12.3 Å². The Morgan fingerprint density at radius 3 is 2.68 bits per heavy atom. The van der Waals surface area contributed by atoms with E-state index in [-0.39, 0.29) is 29.5 Å². The minimum atomic E-state index is -0.323. The number of benzene rings is 1. The number of unbranched alkanes of at least 4 members (excludes halogenated alkanes) is 3. The van der Waals surface area contributed by atoms with Gasteiger partial charge < -0.3 is 14.9 Å². The normalized spacial score (nSPS) is 21.9. The zero-order chi connectivity index (χ0) is 22.6. The number of aliphatic hydroxyl groups is 1. The van der Waals surface area contributed by atoms with Crippen molar-refractivity contribution in [3.63, 3.8) is 0 Å². The minimum Gasteiger partial charge on any atom is -0.508 e. The van der Waals surface area contributed by atoms with Crippen LogP contribution in [0.3, 0.4) is 0 Å². The van der Waals surface area contributed by atoms with E-state index in [2.05, 4.69) is 49.9 Å². The average Bonchev–Trinajstić information content (AvgIpc) is 2.71. The van der Waals surface area contributed by atoms with Gasteiger partial charge in [0, 0.05) is 28.9 Å². The molecule has 0 aromatic heterocycles. The lowest BCUT2D eigenvalue weighted by Gasteiger charge is -2.47. The first-order valence-electron chi connectivity index (χ1n) is 11.6. The van der Waals surface area contributed by atoms with Crippen LogP contribution in [-0.4, -0.2) is 29.0 Å². The monoisotopic (exact) mass is 427 g/mol. The fourth-order valence-corrected chi connectivity index (χ4v) is 5.28. The first kappa shape index (κ1) is 23.5. The third-order valence-electron chi connectivity index (χ3n) is 7.24. The number of ether oxygens (including phenoxy) is 1. The average molecular weight is 428 g/mol. The predicted octanol–water partition coefficient (Wildman–Crippen LogP) is 6.51. The molecule has 2 aliphatic rings. The molecule has 0 radical (unpaired) electrons. The number of aromatic hydroxyl groups is 1. The largest absolute Gasteiger partial charge is 0.508 e. The summed E-state index contributed by atoms with van der Waals surface area (Å²) in [7, 11) is 0. The summed E-state index contributed by atoms with van der Waals surface area (Å²) in [4.78, 5) is 2.79. The van der Waals surface area contributed by atoms with E-state index in [1.54, 1.807) is 0 Å². The number of allylic oxidation sites excluding steroid dienone is 1. The molecule has 1 aliphatic carbocycles. The fraction of sp³-hybridized carbons (Fsp3) is 0.680. The molecule has 1 aliphatic heterocycles. The Balaban J connectivity index is 1.77. The van der Waals surface area contributed by atoms with Crippen LogP contribution >= 0.6 is 0 Å². The zero-order valence-electron chi connectivity index (χ0n) is 19.4. The Labute approximate surface area is 185 Å². The Morgan fingerprint density at radius 1 is 1.23 bits per heavy atom. The summed E-state index contributed by atoms with van der Waals surface area (Å²) in [5.74, 6) is 1.56. The lowest BCUT2D eigenvalue weighted by Crippen LogP contribution is -2.45. The van der Waals surface area contributed by atoms with Crippen molar-refractivity contribution in [2.75, 3.05) is 13.2 Å². The Bertz CT molecular complexity index is 869. The van der Waals surface area contributed by atoms with E-state index in [9.17, 15) is 10.2 Å². The minimum absolute atomic E-state index is 0.0780. The number of aliphatic hydroxyl groups excluding tert-OH is 1. The molecule has 0 fully saturated rings. The van der Waals surface area contributed by atoms with Gasteiger partial charge in [0.1, 0.15) is 17.1 Å². The lowest BCUT2D eigenvalue weighted by atomic mass is 9.66. The second-order valence-electron chi connectivity index (χ2n) is 10.3. The van der Waals surface area contributed by atoms with Gasteiger partial charge in [-0.1, -0.05) is 44.3 Å². The maximum atomic E-state index is 11.1. The first-order valence-corrected chi connectivity index (χ1v) is 11.6. The third-order valence-corrected chi connectivity index (χ3v) is 7.24. The van der Waals surface area contributed by atoms with E-state index < -0.39 is 0 Å². The van der Waals surface area contributed by atoms with Gasteiger partial charge in [-0.15, -0.1) is 0 Å². The maximum absolute atomic E-state index is 11.1. The van der Waals surface area contributed by atoms with Crippen molar-refractivity contribution in [1.29, 1.82) is 0 Å². The van der Waals surface area contributed by atoms with Gasteiger partial charge in [-0.2, -0.15) is 0 Å². The van der Waals surface area contributed by atoms with Crippen LogP contribution in [0.1, 0.15) is 89.7 Å². The van der Waals surface area contributed by atoms with Gasteiger partial charge in [-0.05, 0) is 73.7 Å². The Morgan fingerprint density at radius 2 is 1.97 bits per heavy atom. The van der Waals surface area contributed by atoms with Crippen LogP contribution in [0.5, 0.6) is 11.5 Å². The van der Waals surface area contributed by atoms with Crippen LogP contribution in [0.25, 0.3) is 10.4 Å². The van der Waals surface area contributed by atoms with Crippen molar-refractivity contribution in [3.8, 4) is 11.5 Å². The van der Waals surface area contributed by atoms with E-state index in [1.165, 1.54) is 0 Å². The highest BCUT2D eigenvalue weighted by Crippen LogP contribution is 2.54. The topological polar surface area (TPSA) is 98.5 Å². The summed E-state index contributed by atoms with van der Waals surface area (Å²) < 4.78 is 6.46. The molecule has 0 amide bonds. The Hall–Kier alpha value is -2.17. The molecule has 6 heteroatoms. The lowest BCUT2D eigenvalue weighted by molar-refractivity contribution is 0.00662. The van der Waals surface area contributed by atoms with Crippen LogP contribution in [0.2, 0.25) is 0 Å². The molecule has 1 aromatic rings. The van der Waals surface area contributed by atoms with E-state index in [1.807, 2.05) is 6.07 Å². The van der Waals surface area contributed by atoms with Gasteiger partial charge in [0.15, 0.2) is 0 Å². The van der Waals surface area contributed by atoms with Gasteiger partial charge >= 0.3 is 0 Å². The zero-order valence-corrected chi connectivity index (χ0v) is 19.4. The highest BCUT2D eigenvalue weighted by molar-refractivity contribution is 5.54. The number of azide groups is 1. The molecular formula is C25H37N3O3. The van der Waals surface area contributed by atoms with E-state index >= 15 is 0 Å². The highest BCUT2D eigenvalue weighted by atomic mass is 16.5. The van der Waals surface area contributed by atoms with Crippen LogP contribution < -0.4 is 4.74 Å². The molecule has 0 unspecified atom stereocenters. The second-order valence-corrected chi connectivity index (χ2v) is 10.3. The quantitative estimate of drug-likeness (QED) is 0.154. The van der Waals surface area contributed by atoms with Crippen molar-refractivity contribution in [1.82, 2.24) is 0 Å². The molecule has 6 nitrogen and oxygen atoms in total. The molecule has 31 heavy (non-hydrogen) atoms. The number of phenolic OH excluding ortho intramolecular Hbond substituents is 1. The molecule has 1 aromatic carbocycles. The number of hydrogen-bond acceptors (Lipinski definition) is 4. The summed E-state index contributed by atoms with van der Waals surface area (Å²) in [6, 6.07) is 4.06. The molecule has 170 valence electrons. The van der Waals surface area contributed by atoms with Crippen LogP contribution in [-0.2, 0) is 5.41 Å². The highest BCUT2D eigenvalue weighted by Gasteiger charge is 2.46. The summed E-state index contributed by atoms with van der Waals surface area (Å²) in [5, 5.41) is 24.3. The van der Waals surface area contributed by atoms with E-state index in [0.717, 1.165) is 67.4 Å². The summed E-state index contributed by atoms with van der Waals surface area (Å²) in [6.45, 7) is 9.36. The van der Waals surface area contributed by atoms with Gasteiger partial charge in [-0.25, -0.2) is 0 Å². The van der Waals surface area contributed by atoms with Crippen molar-refractivity contribution in [3.05, 3.63) is 45.4 Å². The second kappa shape index (κ2) is 9.54. The summed E-state index contributed by atoms with van der Waals surface area (Å²) in [5.41, 5.74) is 11.0. The number of nitrogens with zero attached hydrogens (tertiary/aromatic N) is 3. The van der Waals surface area contributed by atoms with Gasteiger partial charge in [0.25, 0.3) is 0 Å². The molecule has 0 spiro atoms. The number of phenols is 1. The standard InChI is InChI=1S/C25H37N3O3/c1-24(2,11-7-5-6-8-12-27-28-26)18-14-21(30)23-19-13-17(16-29)9-10-20(19)25(3,4)31-22(23)15-18/h9,14-15,19-20,29-30H,5-8,10-13,16H2,1-4H3/t19-,20-/m1/s1. The van der Waals surface area contributed by atoms with Gasteiger partial charge in [0.2, 0.25) is 0 Å². The number of rotatable bonds is 9. The molecule has 2 atom stereocenters. The summed E-state index contributed by atoms with van der Waals surface area (Å²) in [6.07, 6.45) is 8.96. The Kier molecular flexibility index (Phi) is 7.23. The smallest absolute Gasteiger partial charge is 0.127 e.